The molecule has 1 saturated carbocycles. The van der Waals surface area contributed by atoms with Crippen molar-refractivity contribution in [2.45, 2.75) is 19.8 Å². The predicted molar refractivity (Wildman–Crippen MR) is 112 cm³/mol. The van der Waals surface area contributed by atoms with Crippen LogP contribution in [-0.2, 0) is 9.59 Å². The lowest BCUT2D eigenvalue weighted by atomic mass is 10.0. The Morgan fingerprint density at radius 3 is 2.29 bits per heavy atom. The van der Waals surface area contributed by atoms with Gasteiger partial charge >= 0.3 is 0 Å². The number of piperazine rings is 1. The first-order valence-corrected chi connectivity index (χ1v) is 10.0. The third-order valence-electron chi connectivity index (χ3n) is 5.64. The van der Waals surface area contributed by atoms with Gasteiger partial charge in [0.2, 0.25) is 11.8 Å². The van der Waals surface area contributed by atoms with Crippen LogP contribution >= 0.6 is 11.6 Å². The number of benzene rings is 2. The number of hydrogen-bond acceptors (Lipinski definition) is 3. The lowest BCUT2D eigenvalue weighted by Crippen LogP contribution is -2.52. The minimum Gasteiger partial charge on any atom is -0.368 e. The van der Waals surface area contributed by atoms with Gasteiger partial charge in [-0.15, -0.1) is 0 Å². The monoisotopic (exact) mass is 397 g/mol. The number of anilines is 2. The Bertz CT molecular complexity index is 885. The van der Waals surface area contributed by atoms with E-state index < -0.39 is 5.41 Å². The highest BCUT2D eigenvalue weighted by Crippen LogP contribution is 2.48. The first-order valence-electron chi connectivity index (χ1n) is 9.66. The van der Waals surface area contributed by atoms with E-state index >= 15 is 0 Å². The molecule has 0 radical (unpaired) electrons. The van der Waals surface area contributed by atoms with Crippen molar-refractivity contribution in [2.24, 2.45) is 5.41 Å². The quantitative estimate of drug-likeness (QED) is 0.800. The van der Waals surface area contributed by atoms with Gasteiger partial charge in [0.05, 0.1) is 0 Å². The molecule has 2 fully saturated rings. The fourth-order valence-corrected chi connectivity index (χ4v) is 3.88. The van der Waals surface area contributed by atoms with Crippen molar-refractivity contribution in [1.82, 2.24) is 4.90 Å². The normalized spacial score (nSPS) is 17.9. The van der Waals surface area contributed by atoms with E-state index in [-0.39, 0.29) is 11.8 Å². The van der Waals surface area contributed by atoms with Crippen LogP contribution in [0.15, 0.2) is 48.5 Å². The number of nitrogens with zero attached hydrogens (tertiary/aromatic N) is 2. The zero-order chi connectivity index (χ0) is 19.7. The smallest absolute Gasteiger partial charge is 0.240 e. The molecule has 0 aromatic heterocycles. The van der Waals surface area contributed by atoms with Crippen molar-refractivity contribution < 1.29 is 9.59 Å². The maximum Gasteiger partial charge on any atom is 0.240 e. The summed E-state index contributed by atoms with van der Waals surface area (Å²) >= 11 is 6.09. The first-order chi connectivity index (χ1) is 13.5. The van der Waals surface area contributed by atoms with Crippen molar-refractivity contribution in [3.05, 3.63) is 59.1 Å². The Balaban J connectivity index is 1.38. The van der Waals surface area contributed by atoms with Crippen LogP contribution in [0.4, 0.5) is 11.4 Å². The Labute approximate surface area is 170 Å². The van der Waals surface area contributed by atoms with Crippen LogP contribution in [0.25, 0.3) is 0 Å². The number of hydrogen-bond donors (Lipinski definition) is 1. The molecular weight excluding hydrogens is 374 g/mol. The molecule has 2 aromatic rings. The van der Waals surface area contributed by atoms with Gasteiger partial charge in [-0.05, 0) is 50.1 Å². The second-order valence-corrected chi connectivity index (χ2v) is 8.10. The van der Waals surface area contributed by atoms with Crippen molar-refractivity contribution >= 4 is 34.8 Å². The molecule has 28 heavy (non-hydrogen) atoms. The molecule has 4 rings (SSSR count). The molecule has 2 aromatic carbocycles. The average Bonchev–Trinajstić information content (AvgIpc) is 3.51. The summed E-state index contributed by atoms with van der Waals surface area (Å²) in [6.45, 7) is 4.71. The number of carbonyl (C=O) groups excluding carboxylic acids is 2. The van der Waals surface area contributed by atoms with Crippen LogP contribution in [0, 0.1) is 12.3 Å². The molecule has 1 heterocycles. The van der Waals surface area contributed by atoms with Gasteiger partial charge in [-0.3, -0.25) is 9.59 Å². The zero-order valence-electron chi connectivity index (χ0n) is 16.0. The maximum absolute atomic E-state index is 13.1. The Hall–Kier alpha value is -2.53. The lowest BCUT2D eigenvalue weighted by molar-refractivity contribution is -0.142. The van der Waals surface area contributed by atoms with Crippen LogP contribution in [0.5, 0.6) is 0 Å². The molecule has 0 spiro atoms. The molecule has 1 aliphatic carbocycles. The number of amides is 2. The number of halogens is 1. The van der Waals surface area contributed by atoms with E-state index in [0.29, 0.717) is 31.0 Å². The molecule has 0 bridgehead atoms. The van der Waals surface area contributed by atoms with E-state index in [9.17, 15) is 9.59 Å². The van der Waals surface area contributed by atoms with Crippen molar-refractivity contribution in [2.75, 3.05) is 36.4 Å². The largest absolute Gasteiger partial charge is 0.368 e. The van der Waals surface area contributed by atoms with Crippen LogP contribution in [0.3, 0.4) is 0 Å². The predicted octanol–water partition coefficient (Wildman–Crippen LogP) is 3.72. The number of carbonyl (C=O) groups is 2. The van der Waals surface area contributed by atoms with Gasteiger partial charge in [0.25, 0.3) is 0 Å². The summed E-state index contributed by atoms with van der Waals surface area (Å²) in [5.74, 6) is -0.221. The average molecular weight is 398 g/mol. The van der Waals surface area contributed by atoms with E-state index in [1.807, 2.05) is 60.4 Å². The summed E-state index contributed by atoms with van der Waals surface area (Å²) in [5, 5.41) is 3.63. The molecule has 2 aliphatic rings. The lowest BCUT2D eigenvalue weighted by Gasteiger charge is -2.37. The summed E-state index contributed by atoms with van der Waals surface area (Å²) in [4.78, 5) is 30.0. The molecule has 0 unspecified atom stereocenters. The SMILES string of the molecule is Cc1ccc(NC(=O)C2(C(=O)N3CCN(c4cccc(Cl)c4)CC3)CC2)cc1. The Kier molecular flexibility index (Phi) is 5.02. The summed E-state index contributed by atoms with van der Waals surface area (Å²) in [7, 11) is 0. The maximum atomic E-state index is 13.1. The van der Waals surface area contributed by atoms with Crippen molar-refractivity contribution in [3.8, 4) is 0 Å². The van der Waals surface area contributed by atoms with Gasteiger partial charge < -0.3 is 15.1 Å². The summed E-state index contributed by atoms with van der Waals surface area (Å²) in [5.41, 5.74) is 2.05. The van der Waals surface area contributed by atoms with Crippen molar-refractivity contribution in [1.29, 1.82) is 0 Å². The molecule has 2 amide bonds. The fourth-order valence-electron chi connectivity index (χ4n) is 3.69. The first kappa shape index (κ1) is 18.8. The number of nitrogens with one attached hydrogen (secondary N) is 1. The summed E-state index contributed by atoms with van der Waals surface area (Å²) in [6.07, 6.45) is 1.25. The second kappa shape index (κ2) is 7.47. The summed E-state index contributed by atoms with van der Waals surface area (Å²) in [6, 6.07) is 15.4. The van der Waals surface area contributed by atoms with E-state index in [2.05, 4.69) is 10.2 Å². The Morgan fingerprint density at radius 1 is 1.00 bits per heavy atom. The highest BCUT2D eigenvalue weighted by atomic mass is 35.5. The van der Waals surface area contributed by atoms with E-state index in [4.69, 9.17) is 11.6 Å². The van der Waals surface area contributed by atoms with E-state index in [0.717, 1.165) is 30.0 Å². The van der Waals surface area contributed by atoms with Gasteiger partial charge in [-0.25, -0.2) is 0 Å². The highest BCUT2D eigenvalue weighted by Gasteiger charge is 2.58. The molecule has 1 saturated heterocycles. The minimum absolute atomic E-state index is 0.0390. The van der Waals surface area contributed by atoms with Gasteiger partial charge in [-0.1, -0.05) is 35.4 Å². The zero-order valence-corrected chi connectivity index (χ0v) is 16.7. The minimum atomic E-state index is -0.886. The standard InChI is InChI=1S/C22H24ClN3O2/c1-16-5-7-18(8-6-16)24-20(27)22(9-10-22)21(28)26-13-11-25(12-14-26)19-4-2-3-17(23)15-19/h2-8,15H,9-14H2,1H3,(H,24,27). The van der Waals surface area contributed by atoms with Crippen molar-refractivity contribution in [3.63, 3.8) is 0 Å². The molecule has 146 valence electrons. The molecule has 6 heteroatoms. The number of aryl methyl sites for hydroxylation is 1. The topological polar surface area (TPSA) is 52.7 Å². The number of rotatable bonds is 4. The van der Waals surface area contributed by atoms with Gasteiger partial charge in [-0.2, -0.15) is 0 Å². The van der Waals surface area contributed by atoms with Crippen LogP contribution in [-0.4, -0.2) is 42.9 Å². The molecule has 0 atom stereocenters. The third-order valence-corrected chi connectivity index (χ3v) is 5.88. The van der Waals surface area contributed by atoms with Crippen LogP contribution in [0.2, 0.25) is 5.02 Å². The van der Waals surface area contributed by atoms with E-state index in [1.54, 1.807) is 0 Å². The molecule has 1 N–H and O–H groups in total. The highest BCUT2D eigenvalue weighted by molar-refractivity contribution is 6.30. The van der Waals surface area contributed by atoms with Gasteiger partial charge in [0.1, 0.15) is 5.41 Å². The van der Waals surface area contributed by atoms with Crippen LogP contribution < -0.4 is 10.2 Å². The van der Waals surface area contributed by atoms with Gasteiger partial charge in [0.15, 0.2) is 0 Å². The molecular formula is C22H24ClN3O2. The molecule has 1 aliphatic heterocycles. The summed E-state index contributed by atoms with van der Waals surface area (Å²) < 4.78 is 0. The second-order valence-electron chi connectivity index (χ2n) is 7.66. The van der Waals surface area contributed by atoms with E-state index in [1.165, 1.54) is 0 Å². The van der Waals surface area contributed by atoms with Crippen LogP contribution in [0.1, 0.15) is 18.4 Å². The molecule has 5 nitrogen and oxygen atoms in total. The third kappa shape index (κ3) is 3.72. The fraction of sp³-hybridized carbons (Fsp3) is 0.364. The van der Waals surface area contributed by atoms with Gasteiger partial charge in [0, 0.05) is 42.6 Å². The Morgan fingerprint density at radius 2 is 1.68 bits per heavy atom.